The zero-order chi connectivity index (χ0) is 10.6. The molecule has 1 aliphatic carbocycles. The first-order chi connectivity index (χ1) is 6.54. The summed E-state index contributed by atoms with van der Waals surface area (Å²) in [5.41, 5.74) is 0.291. The summed E-state index contributed by atoms with van der Waals surface area (Å²) in [5, 5.41) is 3.50. The second-order valence-electron chi connectivity index (χ2n) is 5.36. The fourth-order valence-electron chi connectivity index (χ4n) is 1.63. The van der Waals surface area contributed by atoms with Gasteiger partial charge in [-0.3, -0.25) is 0 Å². The summed E-state index contributed by atoms with van der Waals surface area (Å²) in [4.78, 5) is 0. The van der Waals surface area contributed by atoms with E-state index >= 15 is 0 Å². The highest BCUT2D eigenvalue weighted by Gasteiger charge is 2.26. The van der Waals surface area contributed by atoms with Crippen LogP contribution in [0.4, 0.5) is 0 Å². The van der Waals surface area contributed by atoms with Gasteiger partial charge in [0, 0.05) is 6.04 Å². The second-order valence-corrected chi connectivity index (χ2v) is 5.36. The Balaban J connectivity index is 2.26. The highest BCUT2D eigenvalue weighted by atomic mass is 16.5. The first kappa shape index (κ1) is 12.0. The van der Waals surface area contributed by atoms with Crippen LogP contribution < -0.4 is 5.32 Å². The molecule has 0 spiro atoms. The van der Waals surface area contributed by atoms with Gasteiger partial charge in [0.1, 0.15) is 0 Å². The number of ether oxygens (including phenoxy) is 1. The Morgan fingerprint density at radius 3 is 2.36 bits per heavy atom. The van der Waals surface area contributed by atoms with Gasteiger partial charge in [-0.1, -0.05) is 27.7 Å². The molecule has 2 nitrogen and oxygen atoms in total. The maximum absolute atomic E-state index is 5.86. The van der Waals surface area contributed by atoms with Crippen LogP contribution in [0.25, 0.3) is 0 Å². The summed E-state index contributed by atoms with van der Waals surface area (Å²) in [6.07, 6.45) is 4.44. The maximum atomic E-state index is 5.86. The van der Waals surface area contributed by atoms with Gasteiger partial charge in [-0.25, -0.2) is 0 Å². The average Bonchev–Trinajstić information content (AvgIpc) is 1.98. The van der Waals surface area contributed by atoms with Crippen LogP contribution in [0.5, 0.6) is 0 Å². The Bertz CT molecular complexity index is 158. The molecule has 84 valence electrons. The van der Waals surface area contributed by atoms with Crippen LogP contribution in [0.1, 0.15) is 47.0 Å². The van der Waals surface area contributed by atoms with Crippen molar-refractivity contribution < 1.29 is 4.74 Å². The van der Waals surface area contributed by atoms with Crippen molar-refractivity contribution in [3.8, 4) is 0 Å². The van der Waals surface area contributed by atoms with Crippen molar-refractivity contribution >= 4 is 0 Å². The molecule has 1 atom stereocenters. The molecule has 0 aliphatic heterocycles. The maximum Gasteiger partial charge on any atom is 0.0628 e. The Morgan fingerprint density at radius 1 is 1.36 bits per heavy atom. The number of likely N-dealkylation sites (N-methyl/N-ethyl adjacent to an activating group) is 1. The Labute approximate surface area is 88.4 Å². The molecule has 0 heterocycles. The summed E-state index contributed by atoms with van der Waals surface area (Å²) in [5.74, 6) is 0. The van der Waals surface area contributed by atoms with Crippen LogP contribution in [0, 0.1) is 5.41 Å². The lowest BCUT2D eigenvalue weighted by molar-refractivity contribution is -0.0225. The SMILES string of the molecule is CCNC(COC1CCC1)C(C)(C)C. The van der Waals surface area contributed by atoms with Crippen molar-refractivity contribution in [2.75, 3.05) is 13.2 Å². The van der Waals surface area contributed by atoms with E-state index in [-0.39, 0.29) is 0 Å². The third-order valence-corrected chi connectivity index (χ3v) is 3.05. The van der Waals surface area contributed by atoms with Gasteiger partial charge in [0.05, 0.1) is 12.7 Å². The van der Waals surface area contributed by atoms with Crippen LogP contribution in [0.2, 0.25) is 0 Å². The molecule has 0 bridgehead atoms. The lowest BCUT2D eigenvalue weighted by atomic mass is 9.87. The monoisotopic (exact) mass is 199 g/mol. The van der Waals surface area contributed by atoms with Crippen molar-refractivity contribution in [2.24, 2.45) is 5.41 Å². The molecule has 1 saturated carbocycles. The van der Waals surface area contributed by atoms with E-state index in [9.17, 15) is 0 Å². The topological polar surface area (TPSA) is 21.3 Å². The van der Waals surface area contributed by atoms with Crippen molar-refractivity contribution in [3.63, 3.8) is 0 Å². The molecule has 0 radical (unpaired) electrons. The van der Waals surface area contributed by atoms with Crippen molar-refractivity contribution in [2.45, 2.75) is 59.1 Å². The summed E-state index contributed by atoms with van der Waals surface area (Å²) in [6.45, 7) is 10.8. The van der Waals surface area contributed by atoms with E-state index in [1.54, 1.807) is 0 Å². The third kappa shape index (κ3) is 3.58. The quantitative estimate of drug-likeness (QED) is 0.735. The van der Waals surface area contributed by atoms with E-state index < -0.39 is 0 Å². The smallest absolute Gasteiger partial charge is 0.0628 e. The lowest BCUT2D eigenvalue weighted by Crippen LogP contribution is -2.45. The molecule has 0 aromatic heterocycles. The van der Waals surface area contributed by atoms with Crippen molar-refractivity contribution in [3.05, 3.63) is 0 Å². The minimum Gasteiger partial charge on any atom is -0.377 e. The van der Waals surface area contributed by atoms with Gasteiger partial charge in [0.25, 0.3) is 0 Å². The molecule has 1 N–H and O–H groups in total. The predicted molar refractivity (Wildman–Crippen MR) is 60.5 cm³/mol. The number of hydrogen-bond acceptors (Lipinski definition) is 2. The standard InChI is InChI=1S/C12H25NO/c1-5-13-11(12(2,3)4)9-14-10-7-6-8-10/h10-11,13H,5-9H2,1-4H3. The van der Waals surface area contributed by atoms with Gasteiger partial charge in [-0.15, -0.1) is 0 Å². The minimum atomic E-state index is 0.291. The van der Waals surface area contributed by atoms with Crippen LogP contribution in [-0.4, -0.2) is 25.3 Å². The molecule has 1 aliphatic rings. The first-order valence-electron chi connectivity index (χ1n) is 5.89. The number of hydrogen-bond donors (Lipinski definition) is 1. The molecule has 14 heavy (non-hydrogen) atoms. The largest absolute Gasteiger partial charge is 0.377 e. The van der Waals surface area contributed by atoms with Gasteiger partial charge < -0.3 is 10.1 Å². The van der Waals surface area contributed by atoms with Crippen LogP contribution >= 0.6 is 0 Å². The number of nitrogens with one attached hydrogen (secondary N) is 1. The Kier molecular flexibility index (Phi) is 4.39. The third-order valence-electron chi connectivity index (χ3n) is 3.05. The molecule has 2 heteroatoms. The zero-order valence-electron chi connectivity index (χ0n) is 10.1. The fourth-order valence-corrected chi connectivity index (χ4v) is 1.63. The molecule has 1 unspecified atom stereocenters. The van der Waals surface area contributed by atoms with E-state index in [1.165, 1.54) is 19.3 Å². The summed E-state index contributed by atoms with van der Waals surface area (Å²) >= 11 is 0. The van der Waals surface area contributed by atoms with E-state index in [2.05, 4.69) is 33.0 Å². The Hall–Kier alpha value is -0.0800. The van der Waals surface area contributed by atoms with Crippen molar-refractivity contribution in [1.82, 2.24) is 5.32 Å². The average molecular weight is 199 g/mol. The van der Waals surface area contributed by atoms with Gasteiger partial charge >= 0.3 is 0 Å². The first-order valence-corrected chi connectivity index (χ1v) is 5.89. The zero-order valence-corrected chi connectivity index (χ0v) is 10.1. The molecular formula is C12H25NO. The van der Waals surface area contributed by atoms with Crippen LogP contribution in [0.3, 0.4) is 0 Å². The van der Waals surface area contributed by atoms with Gasteiger partial charge in [-0.2, -0.15) is 0 Å². The van der Waals surface area contributed by atoms with Crippen molar-refractivity contribution in [1.29, 1.82) is 0 Å². The molecule has 1 fully saturated rings. The molecule has 0 amide bonds. The molecule has 0 aromatic rings. The molecule has 0 aromatic carbocycles. The summed E-state index contributed by atoms with van der Waals surface area (Å²) in [6, 6.07) is 0.480. The lowest BCUT2D eigenvalue weighted by Gasteiger charge is -2.34. The fraction of sp³-hybridized carbons (Fsp3) is 1.00. The van der Waals surface area contributed by atoms with Gasteiger partial charge in [0.2, 0.25) is 0 Å². The van der Waals surface area contributed by atoms with Crippen LogP contribution in [0.15, 0.2) is 0 Å². The summed E-state index contributed by atoms with van der Waals surface area (Å²) < 4.78 is 5.86. The highest BCUT2D eigenvalue weighted by molar-refractivity contribution is 4.81. The second kappa shape index (κ2) is 5.13. The van der Waals surface area contributed by atoms with E-state index in [0.29, 0.717) is 17.6 Å². The van der Waals surface area contributed by atoms with Gasteiger partial charge in [0.15, 0.2) is 0 Å². The molecule has 0 saturated heterocycles. The predicted octanol–water partition coefficient (Wildman–Crippen LogP) is 2.58. The van der Waals surface area contributed by atoms with E-state index in [4.69, 9.17) is 4.74 Å². The highest BCUT2D eigenvalue weighted by Crippen LogP contribution is 2.25. The normalized spacial score (nSPS) is 20.6. The molecule has 1 rings (SSSR count). The number of rotatable bonds is 5. The summed E-state index contributed by atoms with van der Waals surface area (Å²) in [7, 11) is 0. The van der Waals surface area contributed by atoms with E-state index in [0.717, 1.165) is 13.2 Å². The van der Waals surface area contributed by atoms with E-state index in [1.807, 2.05) is 0 Å². The van der Waals surface area contributed by atoms with Crippen LogP contribution in [-0.2, 0) is 4.74 Å². The Morgan fingerprint density at radius 2 is 2.00 bits per heavy atom. The van der Waals surface area contributed by atoms with Gasteiger partial charge in [-0.05, 0) is 31.2 Å². The molecular weight excluding hydrogens is 174 g/mol. The minimum absolute atomic E-state index is 0.291.